The zero-order valence-corrected chi connectivity index (χ0v) is 12.2. The minimum Gasteiger partial charge on any atom is -0.508 e. The van der Waals surface area contributed by atoms with Gasteiger partial charge in [-0.3, -0.25) is 0 Å². The van der Waals surface area contributed by atoms with Crippen molar-refractivity contribution in [2.75, 3.05) is 0 Å². The molecule has 0 aromatic heterocycles. The first-order valence-corrected chi connectivity index (χ1v) is 6.73. The first-order chi connectivity index (χ1) is 8.87. The Bertz CT molecular complexity index is 544. The molecule has 1 N–H and O–H groups in total. The summed E-state index contributed by atoms with van der Waals surface area (Å²) < 4.78 is 0. The predicted molar refractivity (Wildman–Crippen MR) is 80.8 cm³/mol. The van der Waals surface area contributed by atoms with Crippen LogP contribution >= 0.6 is 0 Å². The third kappa shape index (κ3) is 3.37. The van der Waals surface area contributed by atoms with Gasteiger partial charge in [-0.2, -0.15) is 0 Å². The van der Waals surface area contributed by atoms with Crippen LogP contribution in [0.25, 0.3) is 0 Å². The van der Waals surface area contributed by atoms with Crippen molar-refractivity contribution in [3.05, 3.63) is 64.7 Å². The molecule has 0 heterocycles. The fraction of sp³-hybridized carbons (Fsp3) is 0.333. The maximum atomic E-state index is 9.34. The van der Waals surface area contributed by atoms with Crippen molar-refractivity contribution in [2.24, 2.45) is 0 Å². The maximum Gasteiger partial charge on any atom is 0.115 e. The second kappa shape index (κ2) is 5.08. The number of hydrogen-bond donors (Lipinski definition) is 1. The number of phenols is 1. The van der Waals surface area contributed by atoms with E-state index in [9.17, 15) is 5.11 Å². The molecule has 0 aliphatic rings. The highest BCUT2D eigenvalue weighted by atomic mass is 16.3. The van der Waals surface area contributed by atoms with Crippen LogP contribution in [0.2, 0.25) is 0 Å². The lowest BCUT2D eigenvalue weighted by molar-refractivity contribution is 0.474. The molecule has 19 heavy (non-hydrogen) atoms. The summed E-state index contributed by atoms with van der Waals surface area (Å²) in [4.78, 5) is 0. The van der Waals surface area contributed by atoms with Crippen LogP contribution < -0.4 is 0 Å². The second-order valence-electron chi connectivity index (χ2n) is 6.10. The molecule has 0 radical (unpaired) electrons. The molecule has 0 bridgehead atoms. The monoisotopic (exact) mass is 254 g/mol. The Kier molecular flexibility index (Phi) is 3.66. The standard InChI is InChI=1S/C18H22O/c1-13-9-14(2)11-16(10-13)18(3,4)12-15-5-7-17(19)8-6-15/h5-11,19H,12H2,1-4H3. The topological polar surface area (TPSA) is 20.2 Å². The predicted octanol–water partition coefficient (Wildman–Crippen LogP) is 4.53. The molecule has 0 saturated heterocycles. The third-order valence-corrected chi connectivity index (χ3v) is 3.59. The number of aromatic hydroxyl groups is 1. The van der Waals surface area contributed by atoms with Crippen molar-refractivity contribution < 1.29 is 5.11 Å². The minimum absolute atomic E-state index is 0.0910. The smallest absolute Gasteiger partial charge is 0.115 e. The number of phenolic OH excluding ortho intramolecular Hbond substituents is 1. The molecule has 0 amide bonds. The van der Waals surface area contributed by atoms with Crippen molar-refractivity contribution in [1.82, 2.24) is 0 Å². The quantitative estimate of drug-likeness (QED) is 0.853. The number of hydrogen-bond acceptors (Lipinski definition) is 1. The van der Waals surface area contributed by atoms with Crippen LogP contribution in [-0.4, -0.2) is 5.11 Å². The summed E-state index contributed by atoms with van der Waals surface area (Å²) in [5, 5.41) is 9.34. The average Bonchev–Trinajstić information content (AvgIpc) is 2.31. The highest BCUT2D eigenvalue weighted by Crippen LogP contribution is 2.29. The van der Waals surface area contributed by atoms with E-state index < -0.39 is 0 Å². The van der Waals surface area contributed by atoms with Gasteiger partial charge in [0.2, 0.25) is 0 Å². The van der Waals surface area contributed by atoms with Gasteiger partial charge < -0.3 is 5.11 Å². The van der Waals surface area contributed by atoms with Gasteiger partial charge in [0.1, 0.15) is 5.75 Å². The zero-order valence-electron chi connectivity index (χ0n) is 12.2. The van der Waals surface area contributed by atoms with Crippen LogP contribution in [-0.2, 0) is 11.8 Å². The molecular weight excluding hydrogens is 232 g/mol. The van der Waals surface area contributed by atoms with E-state index in [-0.39, 0.29) is 5.41 Å². The SMILES string of the molecule is Cc1cc(C)cc(C(C)(C)Cc2ccc(O)cc2)c1. The zero-order chi connectivity index (χ0) is 14.0. The molecule has 0 saturated carbocycles. The van der Waals surface area contributed by atoms with Crippen molar-refractivity contribution in [3.8, 4) is 5.75 Å². The summed E-state index contributed by atoms with van der Waals surface area (Å²) in [6.45, 7) is 8.84. The van der Waals surface area contributed by atoms with Gasteiger partial charge >= 0.3 is 0 Å². The molecule has 1 nitrogen and oxygen atoms in total. The first-order valence-electron chi connectivity index (χ1n) is 6.73. The first kappa shape index (κ1) is 13.7. The Labute approximate surface area is 115 Å². The molecule has 0 fully saturated rings. The average molecular weight is 254 g/mol. The summed E-state index contributed by atoms with van der Waals surface area (Å²) >= 11 is 0. The number of benzene rings is 2. The lowest BCUT2D eigenvalue weighted by Crippen LogP contribution is -2.20. The van der Waals surface area contributed by atoms with Gasteiger partial charge in [-0.25, -0.2) is 0 Å². The molecule has 0 spiro atoms. The van der Waals surface area contributed by atoms with Gasteiger partial charge in [-0.15, -0.1) is 0 Å². The largest absolute Gasteiger partial charge is 0.508 e. The summed E-state index contributed by atoms with van der Waals surface area (Å²) in [5.74, 6) is 0.327. The van der Waals surface area contributed by atoms with Gasteiger partial charge in [0.15, 0.2) is 0 Å². The molecule has 2 rings (SSSR count). The van der Waals surface area contributed by atoms with Crippen LogP contribution in [0, 0.1) is 13.8 Å². The molecule has 0 unspecified atom stereocenters. The number of rotatable bonds is 3. The molecule has 2 aromatic carbocycles. The molecule has 0 aliphatic carbocycles. The van der Waals surface area contributed by atoms with Crippen molar-refractivity contribution in [3.63, 3.8) is 0 Å². The highest BCUT2D eigenvalue weighted by molar-refractivity contribution is 5.35. The Morgan fingerprint density at radius 2 is 1.42 bits per heavy atom. The Hall–Kier alpha value is -1.76. The number of aryl methyl sites for hydroxylation is 2. The lowest BCUT2D eigenvalue weighted by atomic mass is 9.78. The van der Waals surface area contributed by atoms with E-state index in [1.807, 2.05) is 12.1 Å². The van der Waals surface area contributed by atoms with Crippen LogP contribution in [0.1, 0.15) is 36.1 Å². The summed E-state index contributed by atoms with van der Waals surface area (Å²) in [5.41, 5.74) is 5.34. The van der Waals surface area contributed by atoms with E-state index in [0.29, 0.717) is 5.75 Å². The van der Waals surface area contributed by atoms with Crippen LogP contribution in [0.3, 0.4) is 0 Å². The van der Waals surface area contributed by atoms with E-state index in [0.717, 1.165) is 6.42 Å². The van der Waals surface area contributed by atoms with E-state index in [4.69, 9.17) is 0 Å². The molecule has 2 aromatic rings. The molecule has 100 valence electrons. The van der Waals surface area contributed by atoms with Crippen molar-refractivity contribution in [2.45, 2.75) is 39.5 Å². The van der Waals surface area contributed by atoms with Crippen molar-refractivity contribution >= 4 is 0 Å². The van der Waals surface area contributed by atoms with Crippen LogP contribution in [0.4, 0.5) is 0 Å². The molecule has 0 atom stereocenters. The fourth-order valence-electron chi connectivity index (χ4n) is 2.59. The molecule has 0 aliphatic heterocycles. The fourth-order valence-corrected chi connectivity index (χ4v) is 2.59. The van der Waals surface area contributed by atoms with Gasteiger partial charge in [-0.1, -0.05) is 55.3 Å². The summed E-state index contributed by atoms with van der Waals surface area (Å²) in [7, 11) is 0. The minimum atomic E-state index is 0.0910. The summed E-state index contributed by atoms with van der Waals surface area (Å²) in [6, 6.07) is 14.3. The van der Waals surface area contributed by atoms with Crippen molar-refractivity contribution in [1.29, 1.82) is 0 Å². The maximum absolute atomic E-state index is 9.34. The Morgan fingerprint density at radius 3 is 1.95 bits per heavy atom. The Balaban J connectivity index is 2.28. The summed E-state index contributed by atoms with van der Waals surface area (Å²) in [6.07, 6.45) is 0.968. The van der Waals surface area contributed by atoms with E-state index in [2.05, 4.69) is 45.9 Å². The van der Waals surface area contributed by atoms with Gasteiger partial charge in [0.05, 0.1) is 0 Å². The van der Waals surface area contributed by atoms with Crippen LogP contribution in [0.15, 0.2) is 42.5 Å². The lowest BCUT2D eigenvalue weighted by Gasteiger charge is -2.26. The van der Waals surface area contributed by atoms with Crippen LogP contribution in [0.5, 0.6) is 5.75 Å². The molecular formula is C18H22O. The molecule has 1 heteroatoms. The second-order valence-corrected chi connectivity index (χ2v) is 6.10. The van der Waals surface area contributed by atoms with Gasteiger partial charge in [-0.05, 0) is 48.9 Å². The Morgan fingerprint density at radius 1 is 0.895 bits per heavy atom. The van der Waals surface area contributed by atoms with Gasteiger partial charge in [0, 0.05) is 0 Å². The normalized spacial score (nSPS) is 11.6. The van der Waals surface area contributed by atoms with E-state index in [1.54, 1.807) is 12.1 Å². The van der Waals surface area contributed by atoms with Gasteiger partial charge in [0.25, 0.3) is 0 Å². The highest BCUT2D eigenvalue weighted by Gasteiger charge is 2.21. The van der Waals surface area contributed by atoms with E-state index in [1.165, 1.54) is 22.3 Å². The third-order valence-electron chi connectivity index (χ3n) is 3.59. The van der Waals surface area contributed by atoms with E-state index >= 15 is 0 Å².